The molecule has 5 rings (SSSR count). The van der Waals surface area contributed by atoms with Crippen molar-refractivity contribution in [1.82, 2.24) is 15.0 Å². The zero-order valence-electron chi connectivity index (χ0n) is 18.2. The SMILES string of the molecule is Cc1nc(N2CCOCC2)ccc1Nc1ncc2c(n1)-c1ccc(C(F)(F)F)cc1NC(=O)C2. The average molecular weight is 470 g/mol. The molecule has 1 fully saturated rings. The first-order valence-corrected chi connectivity index (χ1v) is 10.7. The first-order valence-electron chi connectivity index (χ1n) is 10.7. The van der Waals surface area contributed by atoms with Crippen LogP contribution in [0.4, 0.5) is 36.3 Å². The van der Waals surface area contributed by atoms with Crippen LogP contribution in [0.1, 0.15) is 16.8 Å². The summed E-state index contributed by atoms with van der Waals surface area (Å²) < 4.78 is 44.9. The van der Waals surface area contributed by atoms with Crippen LogP contribution in [0, 0.1) is 6.92 Å². The van der Waals surface area contributed by atoms with Crippen LogP contribution in [0.3, 0.4) is 0 Å². The van der Waals surface area contributed by atoms with Gasteiger partial charge < -0.3 is 20.3 Å². The molecule has 0 saturated carbocycles. The van der Waals surface area contributed by atoms with Gasteiger partial charge in [0.05, 0.1) is 48.0 Å². The molecule has 0 atom stereocenters. The molecule has 0 unspecified atom stereocenters. The third-order valence-corrected chi connectivity index (χ3v) is 5.74. The summed E-state index contributed by atoms with van der Waals surface area (Å²) in [7, 11) is 0. The Morgan fingerprint density at radius 3 is 2.65 bits per heavy atom. The van der Waals surface area contributed by atoms with E-state index in [2.05, 4.69) is 30.5 Å². The number of aromatic nitrogens is 3. The van der Waals surface area contributed by atoms with Crippen molar-refractivity contribution in [3.05, 3.63) is 53.3 Å². The molecular weight excluding hydrogens is 449 g/mol. The minimum atomic E-state index is -4.52. The number of carbonyl (C=O) groups excluding carboxylic acids is 1. The first-order chi connectivity index (χ1) is 16.3. The van der Waals surface area contributed by atoms with E-state index in [1.165, 1.54) is 12.3 Å². The summed E-state index contributed by atoms with van der Waals surface area (Å²) in [4.78, 5) is 27.9. The summed E-state index contributed by atoms with van der Waals surface area (Å²) in [6, 6.07) is 7.02. The second-order valence-electron chi connectivity index (χ2n) is 8.08. The van der Waals surface area contributed by atoms with Crippen LogP contribution in [0.15, 0.2) is 36.5 Å². The second kappa shape index (κ2) is 8.56. The molecule has 1 amide bonds. The number of aryl methyl sites for hydroxylation is 1. The van der Waals surface area contributed by atoms with E-state index in [-0.39, 0.29) is 18.1 Å². The number of alkyl halides is 3. The Bertz CT molecular complexity index is 1260. The lowest BCUT2D eigenvalue weighted by molar-refractivity contribution is -0.137. The lowest BCUT2D eigenvalue weighted by atomic mass is 10.0. The summed E-state index contributed by atoms with van der Waals surface area (Å²) in [5.41, 5.74) is 1.99. The van der Waals surface area contributed by atoms with Crippen molar-refractivity contribution in [2.75, 3.05) is 41.8 Å². The highest BCUT2D eigenvalue weighted by Crippen LogP contribution is 2.38. The van der Waals surface area contributed by atoms with E-state index in [4.69, 9.17) is 4.74 Å². The summed E-state index contributed by atoms with van der Waals surface area (Å²) in [6.07, 6.45) is -3.05. The summed E-state index contributed by atoms with van der Waals surface area (Å²) in [5, 5.41) is 5.68. The van der Waals surface area contributed by atoms with Crippen molar-refractivity contribution in [1.29, 1.82) is 0 Å². The van der Waals surface area contributed by atoms with E-state index in [1.54, 1.807) is 0 Å². The molecule has 2 aromatic heterocycles. The highest BCUT2D eigenvalue weighted by molar-refractivity contribution is 6.00. The van der Waals surface area contributed by atoms with Gasteiger partial charge in [0.15, 0.2) is 0 Å². The van der Waals surface area contributed by atoms with Gasteiger partial charge in [-0.25, -0.2) is 15.0 Å². The van der Waals surface area contributed by atoms with E-state index in [0.29, 0.717) is 35.7 Å². The lowest BCUT2D eigenvalue weighted by Gasteiger charge is -2.28. The number of pyridine rings is 1. The van der Waals surface area contributed by atoms with Crippen LogP contribution < -0.4 is 15.5 Å². The number of rotatable bonds is 3. The van der Waals surface area contributed by atoms with E-state index < -0.39 is 17.6 Å². The van der Waals surface area contributed by atoms with Crippen LogP contribution >= 0.6 is 0 Å². The number of ether oxygens (including phenoxy) is 1. The highest BCUT2D eigenvalue weighted by atomic mass is 19.4. The molecule has 2 N–H and O–H groups in total. The molecule has 3 aromatic rings. The molecule has 0 aliphatic carbocycles. The molecule has 1 aromatic carbocycles. The highest BCUT2D eigenvalue weighted by Gasteiger charge is 2.32. The van der Waals surface area contributed by atoms with Gasteiger partial charge in [0.1, 0.15) is 5.82 Å². The minimum Gasteiger partial charge on any atom is -0.378 e. The smallest absolute Gasteiger partial charge is 0.378 e. The van der Waals surface area contributed by atoms with Gasteiger partial charge in [0, 0.05) is 30.4 Å². The fraction of sp³-hybridized carbons (Fsp3) is 0.304. The van der Waals surface area contributed by atoms with Crippen LogP contribution in [0.25, 0.3) is 11.3 Å². The standard InChI is InChI=1S/C23H21F3N6O2/c1-13-17(4-5-19(28-13)32-6-8-34-9-7-32)30-22-27-12-14-10-20(33)29-18-11-15(23(24,25)26)2-3-16(18)21(14)31-22/h2-5,11-12H,6-10H2,1H3,(H,29,33)(H,27,30,31). The van der Waals surface area contributed by atoms with Crippen molar-refractivity contribution < 1.29 is 22.7 Å². The number of carbonyl (C=O) groups is 1. The van der Waals surface area contributed by atoms with Gasteiger partial charge in [-0.2, -0.15) is 13.2 Å². The van der Waals surface area contributed by atoms with Crippen molar-refractivity contribution >= 4 is 29.0 Å². The number of nitrogens with zero attached hydrogens (tertiary/aromatic N) is 4. The number of benzene rings is 1. The Hall–Kier alpha value is -3.73. The van der Waals surface area contributed by atoms with Crippen LogP contribution in [0.5, 0.6) is 0 Å². The minimum absolute atomic E-state index is 0.0412. The Labute approximate surface area is 193 Å². The monoisotopic (exact) mass is 470 g/mol. The molecular formula is C23H21F3N6O2. The number of fused-ring (bicyclic) bond motifs is 3. The predicted molar refractivity (Wildman–Crippen MR) is 120 cm³/mol. The van der Waals surface area contributed by atoms with Gasteiger partial charge in [0.25, 0.3) is 0 Å². The summed E-state index contributed by atoms with van der Waals surface area (Å²) in [5.74, 6) is 0.679. The molecule has 1 saturated heterocycles. The fourth-order valence-electron chi connectivity index (χ4n) is 4.00. The van der Waals surface area contributed by atoms with E-state index >= 15 is 0 Å². The number of anilines is 4. The number of nitrogens with one attached hydrogen (secondary N) is 2. The van der Waals surface area contributed by atoms with Crippen molar-refractivity contribution in [3.8, 4) is 11.3 Å². The molecule has 34 heavy (non-hydrogen) atoms. The molecule has 11 heteroatoms. The topological polar surface area (TPSA) is 92.3 Å². The molecule has 4 heterocycles. The quantitative estimate of drug-likeness (QED) is 0.599. The average Bonchev–Trinajstić information content (AvgIpc) is 2.95. The first kappa shape index (κ1) is 22.1. The number of halogens is 3. The molecule has 0 bridgehead atoms. The Morgan fingerprint density at radius 1 is 1.12 bits per heavy atom. The largest absolute Gasteiger partial charge is 0.416 e. The van der Waals surface area contributed by atoms with Gasteiger partial charge in [-0.3, -0.25) is 4.79 Å². The Kier molecular flexibility index (Phi) is 5.56. The van der Waals surface area contributed by atoms with Gasteiger partial charge in [-0.1, -0.05) is 6.07 Å². The van der Waals surface area contributed by atoms with Crippen LogP contribution in [-0.2, 0) is 22.1 Å². The van der Waals surface area contributed by atoms with Gasteiger partial charge >= 0.3 is 6.18 Å². The predicted octanol–water partition coefficient (Wildman–Crippen LogP) is 3.94. The Balaban J connectivity index is 1.46. The number of hydrogen-bond donors (Lipinski definition) is 2. The molecule has 0 radical (unpaired) electrons. The number of hydrogen-bond acceptors (Lipinski definition) is 7. The van der Waals surface area contributed by atoms with Crippen LogP contribution in [-0.4, -0.2) is 47.2 Å². The van der Waals surface area contributed by atoms with Gasteiger partial charge in [0.2, 0.25) is 11.9 Å². The van der Waals surface area contributed by atoms with Crippen molar-refractivity contribution in [3.63, 3.8) is 0 Å². The van der Waals surface area contributed by atoms with E-state index in [0.717, 1.165) is 36.7 Å². The Morgan fingerprint density at radius 2 is 1.91 bits per heavy atom. The maximum atomic E-state index is 13.2. The second-order valence-corrected chi connectivity index (χ2v) is 8.08. The lowest BCUT2D eigenvalue weighted by Crippen LogP contribution is -2.36. The van der Waals surface area contributed by atoms with Crippen LogP contribution in [0.2, 0.25) is 0 Å². The normalized spacial score (nSPS) is 15.8. The molecule has 176 valence electrons. The zero-order chi connectivity index (χ0) is 23.9. The van der Waals surface area contributed by atoms with Crippen molar-refractivity contribution in [2.45, 2.75) is 19.5 Å². The molecule has 2 aliphatic rings. The maximum Gasteiger partial charge on any atom is 0.416 e. The maximum absolute atomic E-state index is 13.2. The summed E-state index contributed by atoms with van der Waals surface area (Å²) >= 11 is 0. The van der Waals surface area contributed by atoms with Crippen molar-refractivity contribution in [2.24, 2.45) is 0 Å². The third kappa shape index (κ3) is 4.38. The number of amides is 1. The fourth-order valence-corrected chi connectivity index (χ4v) is 4.00. The van der Waals surface area contributed by atoms with Gasteiger partial charge in [-0.05, 0) is 31.2 Å². The number of morpholine rings is 1. The van der Waals surface area contributed by atoms with E-state index in [9.17, 15) is 18.0 Å². The molecule has 2 aliphatic heterocycles. The third-order valence-electron chi connectivity index (χ3n) is 5.74. The summed E-state index contributed by atoms with van der Waals surface area (Å²) in [6.45, 7) is 4.73. The zero-order valence-corrected chi connectivity index (χ0v) is 18.2. The molecule has 0 spiro atoms. The van der Waals surface area contributed by atoms with E-state index in [1.807, 2.05) is 19.1 Å². The molecule has 8 nitrogen and oxygen atoms in total. The van der Waals surface area contributed by atoms with Gasteiger partial charge in [-0.15, -0.1) is 0 Å².